The van der Waals surface area contributed by atoms with Crippen LogP contribution < -0.4 is 0 Å². The van der Waals surface area contributed by atoms with Gasteiger partial charge >= 0.3 is 5.97 Å². The van der Waals surface area contributed by atoms with E-state index in [-0.39, 0.29) is 10.7 Å². The Hall–Kier alpha value is -1.03. The molecule has 2 N–H and O–H groups in total. The summed E-state index contributed by atoms with van der Waals surface area (Å²) in [6, 6.07) is 0. The molecule has 0 spiro atoms. The molecule has 4 nitrogen and oxygen atoms in total. The van der Waals surface area contributed by atoms with E-state index >= 15 is 0 Å². The van der Waals surface area contributed by atoms with Crippen molar-refractivity contribution in [2.45, 2.75) is 0 Å². The molecule has 47 valence electrons. The molecule has 0 fully saturated rings. The first-order valence-electron chi connectivity index (χ1n) is 2.06. The fourth-order valence-electron chi connectivity index (χ4n) is 0.380. The number of nitrogens with one attached hydrogen (secondary N) is 1. The quantitative estimate of drug-likeness (QED) is 0.607. The first kappa shape index (κ1) is 6.10. The van der Waals surface area contributed by atoms with Crippen LogP contribution in [-0.2, 0) is 0 Å². The maximum atomic E-state index is 10.1. The van der Waals surface area contributed by atoms with E-state index in [1.165, 1.54) is 0 Å². The van der Waals surface area contributed by atoms with Crippen LogP contribution >= 0.6 is 11.6 Å². The Morgan fingerprint density at radius 3 is 2.78 bits per heavy atom. The van der Waals surface area contributed by atoms with Crippen LogP contribution in [0.5, 0.6) is 0 Å². The van der Waals surface area contributed by atoms with Crippen LogP contribution in [0.3, 0.4) is 0 Å². The summed E-state index contributed by atoms with van der Waals surface area (Å²) in [5.41, 5.74) is -0.128. The number of nitrogens with zero attached hydrogens (tertiary/aromatic N) is 1. The van der Waals surface area contributed by atoms with E-state index in [9.17, 15) is 4.79 Å². The van der Waals surface area contributed by atoms with E-state index < -0.39 is 5.97 Å². The van der Waals surface area contributed by atoms with Crippen LogP contribution in [0.25, 0.3) is 0 Å². The highest BCUT2D eigenvalue weighted by molar-refractivity contribution is 6.32. The average Bonchev–Trinajstić information content (AvgIpc) is 2.13. The molecular formula is C4H2ClN2O2. The van der Waals surface area contributed by atoms with Gasteiger partial charge in [-0.1, -0.05) is 11.6 Å². The summed E-state index contributed by atoms with van der Waals surface area (Å²) in [7, 11) is 0. The molecule has 1 aromatic rings. The maximum Gasteiger partial charge on any atom is 0.355 e. The second-order valence-electron chi connectivity index (χ2n) is 1.33. The smallest absolute Gasteiger partial charge is 0.355 e. The van der Waals surface area contributed by atoms with E-state index in [2.05, 4.69) is 16.4 Å². The Labute approximate surface area is 55.5 Å². The molecule has 0 aliphatic heterocycles. The van der Waals surface area contributed by atoms with Crippen molar-refractivity contribution in [3.8, 4) is 0 Å². The molecule has 1 heterocycles. The minimum absolute atomic E-state index is 0.00231. The molecule has 0 bridgehead atoms. The highest BCUT2D eigenvalue weighted by Crippen LogP contribution is 2.09. The van der Waals surface area contributed by atoms with Gasteiger partial charge in [-0.2, -0.15) is 5.10 Å². The van der Waals surface area contributed by atoms with Crippen LogP contribution in [-0.4, -0.2) is 21.3 Å². The predicted molar refractivity (Wildman–Crippen MR) is 29.4 cm³/mol. The minimum atomic E-state index is -1.13. The Kier molecular flexibility index (Phi) is 1.40. The summed E-state index contributed by atoms with van der Waals surface area (Å²) in [6.45, 7) is 0. The zero-order valence-corrected chi connectivity index (χ0v) is 4.94. The predicted octanol–water partition coefficient (Wildman–Crippen LogP) is 0.561. The fraction of sp³-hybridized carbons (Fsp3) is 0. The van der Waals surface area contributed by atoms with E-state index in [0.717, 1.165) is 0 Å². The van der Waals surface area contributed by atoms with Gasteiger partial charge in [0, 0.05) is 0 Å². The number of rotatable bonds is 1. The number of aromatic amines is 1. The molecular weight excluding hydrogens is 144 g/mol. The molecule has 1 aromatic heterocycles. The van der Waals surface area contributed by atoms with E-state index in [1.807, 2.05) is 0 Å². The van der Waals surface area contributed by atoms with Crippen molar-refractivity contribution in [2.75, 3.05) is 0 Å². The number of H-pyrrole nitrogens is 1. The summed E-state index contributed by atoms with van der Waals surface area (Å²) in [5, 5.41) is 13.7. The van der Waals surface area contributed by atoms with Crippen molar-refractivity contribution in [3.63, 3.8) is 0 Å². The van der Waals surface area contributed by atoms with Crippen LogP contribution in [0.1, 0.15) is 10.5 Å². The average molecular weight is 146 g/mol. The van der Waals surface area contributed by atoms with Gasteiger partial charge in [-0.05, 0) is 0 Å². The van der Waals surface area contributed by atoms with Gasteiger partial charge < -0.3 is 5.11 Å². The van der Waals surface area contributed by atoms with Crippen LogP contribution in [0.4, 0.5) is 0 Å². The largest absolute Gasteiger partial charge is 0.476 e. The number of hydrogen-bond acceptors (Lipinski definition) is 2. The number of halogens is 1. The van der Waals surface area contributed by atoms with Gasteiger partial charge in [0.1, 0.15) is 11.2 Å². The zero-order valence-electron chi connectivity index (χ0n) is 4.18. The summed E-state index contributed by atoms with van der Waals surface area (Å²) in [6.07, 6.45) is 2.23. The van der Waals surface area contributed by atoms with E-state index in [4.69, 9.17) is 16.7 Å². The van der Waals surface area contributed by atoms with Crippen LogP contribution in [0.2, 0.25) is 5.02 Å². The molecule has 1 radical (unpaired) electrons. The monoisotopic (exact) mass is 145 g/mol. The molecule has 0 saturated carbocycles. The lowest BCUT2D eigenvalue weighted by atomic mass is 10.4. The number of carboxylic acid groups (broad SMARTS) is 1. The number of hydrogen-bond donors (Lipinski definition) is 2. The third-order valence-corrected chi connectivity index (χ3v) is 1.03. The van der Waals surface area contributed by atoms with Crippen molar-refractivity contribution in [1.82, 2.24) is 10.2 Å². The van der Waals surface area contributed by atoms with Crippen molar-refractivity contribution >= 4 is 17.6 Å². The highest BCUT2D eigenvalue weighted by atomic mass is 35.5. The van der Waals surface area contributed by atoms with E-state index in [0.29, 0.717) is 0 Å². The molecule has 5 heteroatoms. The van der Waals surface area contributed by atoms with Crippen LogP contribution in [0, 0.1) is 6.20 Å². The zero-order chi connectivity index (χ0) is 6.85. The van der Waals surface area contributed by atoms with Crippen molar-refractivity contribution in [1.29, 1.82) is 0 Å². The maximum absolute atomic E-state index is 10.1. The molecule has 9 heavy (non-hydrogen) atoms. The molecule has 0 atom stereocenters. The first-order chi connectivity index (χ1) is 4.22. The molecule has 0 aliphatic carbocycles. The standard InChI is InChI=1S/C4H2ClN2O2/c5-2-1-6-7-3(2)4(8)9/h(H,6,7)(H,8,9). The lowest BCUT2D eigenvalue weighted by Crippen LogP contribution is -1.96. The Morgan fingerprint density at radius 1 is 1.89 bits per heavy atom. The SMILES string of the molecule is O=C(O)c1[nH]n[c]c1Cl. The Morgan fingerprint density at radius 2 is 2.56 bits per heavy atom. The molecule has 0 unspecified atom stereocenters. The molecule has 0 aromatic carbocycles. The minimum Gasteiger partial charge on any atom is -0.476 e. The van der Waals surface area contributed by atoms with Crippen LogP contribution in [0.15, 0.2) is 0 Å². The van der Waals surface area contributed by atoms with Gasteiger partial charge in [0.15, 0.2) is 5.69 Å². The topological polar surface area (TPSA) is 66.0 Å². The highest BCUT2D eigenvalue weighted by Gasteiger charge is 2.09. The van der Waals surface area contributed by atoms with Gasteiger partial charge in [0.2, 0.25) is 0 Å². The normalized spacial score (nSPS) is 9.44. The van der Waals surface area contributed by atoms with Crippen molar-refractivity contribution in [2.24, 2.45) is 0 Å². The number of carboxylic acids is 1. The number of carbonyl (C=O) groups is 1. The second-order valence-corrected chi connectivity index (χ2v) is 1.71. The Bertz CT molecular complexity index is 232. The molecule has 0 saturated heterocycles. The summed E-state index contributed by atoms with van der Waals surface area (Å²) in [4.78, 5) is 10.1. The third kappa shape index (κ3) is 1.02. The van der Waals surface area contributed by atoms with Crippen molar-refractivity contribution < 1.29 is 9.90 Å². The van der Waals surface area contributed by atoms with Gasteiger partial charge in [-0.15, -0.1) is 0 Å². The van der Waals surface area contributed by atoms with Gasteiger partial charge in [0.05, 0.1) is 0 Å². The molecule has 0 aliphatic rings. The lowest BCUT2D eigenvalue weighted by Gasteiger charge is -1.83. The summed E-state index contributed by atoms with van der Waals surface area (Å²) < 4.78 is 0. The van der Waals surface area contributed by atoms with E-state index in [1.54, 1.807) is 0 Å². The summed E-state index contributed by atoms with van der Waals surface area (Å²) >= 11 is 5.30. The number of aromatic carboxylic acids is 1. The van der Waals surface area contributed by atoms with Gasteiger partial charge in [0.25, 0.3) is 0 Å². The first-order valence-corrected chi connectivity index (χ1v) is 2.44. The third-order valence-electron chi connectivity index (χ3n) is 0.755. The molecule has 1 rings (SSSR count). The number of aromatic nitrogens is 2. The lowest BCUT2D eigenvalue weighted by molar-refractivity contribution is 0.0690. The second kappa shape index (κ2) is 2.06. The fourth-order valence-corrected chi connectivity index (χ4v) is 0.545. The molecule has 0 amide bonds. The Balaban J connectivity index is 3.08. The van der Waals surface area contributed by atoms with Gasteiger partial charge in [-0.3, -0.25) is 5.10 Å². The van der Waals surface area contributed by atoms with Gasteiger partial charge in [-0.25, -0.2) is 4.79 Å². The summed E-state index contributed by atoms with van der Waals surface area (Å²) in [5.74, 6) is -1.13. The van der Waals surface area contributed by atoms with Crippen molar-refractivity contribution in [3.05, 3.63) is 16.9 Å².